The number of aryl methyl sites for hydroxylation is 2. The maximum absolute atomic E-state index is 12.0. The van der Waals surface area contributed by atoms with Gasteiger partial charge in [-0.25, -0.2) is 4.79 Å². The standard InChI is InChI=1S/C21H20N2O4/c1-14-8-9-15(2)19(12-14)25-13-17-10-11-18(26-17)21(24)27-23-20(22)16-6-4-3-5-7-16/h3-12H,13H2,1-2H3,(H2,22,23). The van der Waals surface area contributed by atoms with Crippen molar-refractivity contribution >= 4 is 11.8 Å². The minimum absolute atomic E-state index is 0.0270. The molecule has 0 fully saturated rings. The van der Waals surface area contributed by atoms with E-state index in [2.05, 4.69) is 5.16 Å². The average molecular weight is 364 g/mol. The van der Waals surface area contributed by atoms with Gasteiger partial charge >= 0.3 is 5.97 Å². The zero-order valence-corrected chi connectivity index (χ0v) is 15.1. The van der Waals surface area contributed by atoms with Gasteiger partial charge < -0.3 is 19.7 Å². The van der Waals surface area contributed by atoms with Gasteiger partial charge in [-0.3, -0.25) is 0 Å². The van der Waals surface area contributed by atoms with E-state index >= 15 is 0 Å². The summed E-state index contributed by atoms with van der Waals surface area (Å²) in [5.74, 6) is 0.679. The minimum atomic E-state index is -0.730. The molecule has 3 aromatic rings. The first-order valence-corrected chi connectivity index (χ1v) is 8.42. The number of benzene rings is 2. The Balaban J connectivity index is 1.60. The normalized spacial score (nSPS) is 11.3. The molecule has 0 aliphatic rings. The number of oxime groups is 1. The van der Waals surface area contributed by atoms with Crippen LogP contribution >= 0.6 is 0 Å². The first-order chi connectivity index (χ1) is 13.0. The van der Waals surface area contributed by atoms with Crippen molar-refractivity contribution in [3.8, 4) is 5.75 Å². The highest BCUT2D eigenvalue weighted by atomic mass is 16.7. The molecular formula is C21H20N2O4. The monoisotopic (exact) mass is 364 g/mol. The molecule has 138 valence electrons. The Kier molecular flexibility index (Phi) is 5.56. The summed E-state index contributed by atoms with van der Waals surface area (Å²) in [5, 5.41) is 3.65. The van der Waals surface area contributed by atoms with E-state index in [1.165, 1.54) is 6.07 Å². The van der Waals surface area contributed by atoms with Gasteiger partial charge in [0.05, 0.1) is 0 Å². The van der Waals surface area contributed by atoms with E-state index in [0.29, 0.717) is 11.3 Å². The quantitative estimate of drug-likeness (QED) is 0.310. The van der Waals surface area contributed by atoms with E-state index in [1.54, 1.807) is 18.2 Å². The summed E-state index contributed by atoms with van der Waals surface area (Å²) in [6.45, 7) is 4.16. The average Bonchev–Trinajstić information content (AvgIpc) is 3.16. The van der Waals surface area contributed by atoms with Crippen molar-refractivity contribution in [1.82, 2.24) is 0 Å². The summed E-state index contributed by atoms with van der Waals surface area (Å²) in [7, 11) is 0. The molecule has 0 atom stereocenters. The van der Waals surface area contributed by atoms with Crippen LogP contribution in [0.25, 0.3) is 0 Å². The van der Waals surface area contributed by atoms with Gasteiger partial charge in [-0.1, -0.05) is 47.6 Å². The second kappa shape index (κ2) is 8.23. The molecule has 0 aliphatic heterocycles. The van der Waals surface area contributed by atoms with Crippen LogP contribution in [0, 0.1) is 13.8 Å². The van der Waals surface area contributed by atoms with Crippen LogP contribution in [0.5, 0.6) is 5.75 Å². The van der Waals surface area contributed by atoms with Gasteiger partial charge in [0.1, 0.15) is 18.1 Å². The van der Waals surface area contributed by atoms with Crippen molar-refractivity contribution in [2.75, 3.05) is 0 Å². The summed E-state index contributed by atoms with van der Waals surface area (Å²) in [5.41, 5.74) is 8.58. The number of hydrogen-bond acceptors (Lipinski definition) is 5. The van der Waals surface area contributed by atoms with E-state index in [0.717, 1.165) is 16.9 Å². The molecule has 0 spiro atoms. The lowest BCUT2D eigenvalue weighted by molar-refractivity contribution is 0.0475. The molecule has 0 saturated carbocycles. The Morgan fingerprint density at radius 3 is 2.63 bits per heavy atom. The summed E-state index contributed by atoms with van der Waals surface area (Å²) in [6.07, 6.45) is 0. The Morgan fingerprint density at radius 1 is 1.07 bits per heavy atom. The minimum Gasteiger partial charge on any atom is -0.485 e. The molecule has 1 heterocycles. The maximum Gasteiger partial charge on any atom is 0.400 e. The zero-order chi connectivity index (χ0) is 19.2. The number of furan rings is 1. The molecule has 1 aromatic heterocycles. The number of rotatable bonds is 6. The topological polar surface area (TPSA) is 87.0 Å². The van der Waals surface area contributed by atoms with Gasteiger partial charge in [-0.05, 0) is 43.2 Å². The second-order valence-electron chi connectivity index (χ2n) is 6.04. The Hall–Kier alpha value is -3.54. The van der Waals surface area contributed by atoms with E-state index in [4.69, 9.17) is 19.7 Å². The third-order valence-electron chi connectivity index (χ3n) is 3.87. The summed E-state index contributed by atoms with van der Waals surface area (Å²) in [4.78, 5) is 16.9. The maximum atomic E-state index is 12.0. The van der Waals surface area contributed by atoms with Crippen LogP contribution in [0.3, 0.4) is 0 Å². The van der Waals surface area contributed by atoms with E-state index in [1.807, 2.05) is 50.2 Å². The van der Waals surface area contributed by atoms with E-state index in [-0.39, 0.29) is 18.2 Å². The molecule has 27 heavy (non-hydrogen) atoms. The molecule has 6 heteroatoms. The molecule has 0 saturated heterocycles. The summed E-state index contributed by atoms with van der Waals surface area (Å²) in [6, 6.07) is 18.1. The smallest absolute Gasteiger partial charge is 0.400 e. The van der Waals surface area contributed by atoms with Gasteiger partial charge in [0.25, 0.3) is 0 Å². The molecule has 0 radical (unpaired) electrons. The predicted molar refractivity (Wildman–Crippen MR) is 102 cm³/mol. The molecular weight excluding hydrogens is 344 g/mol. The van der Waals surface area contributed by atoms with Gasteiger partial charge in [0, 0.05) is 5.56 Å². The molecule has 0 aliphatic carbocycles. The van der Waals surface area contributed by atoms with Crippen LogP contribution in [0.2, 0.25) is 0 Å². The van der Waals surface area contributed by atoms with Crippen LogP contribution < -0.4 is 10.5 Å². The highest BCUT2D eigenvalue weighted by Crippen LogP contribution is 2.21. The molecule has 0 unspecified atom stereocenters. The predicted octanol–water partition coefficient (Wildman–Crippen LogP) is 3.95. The lowest BCUT2D eigenvalue weighted by atomic mass is 10.1. The molecule has 6 nitrogen and oxygen atoms in total. The first kappa shape index (κ1) is 18.3. The Labute approximate surface area is 157 Å². The highest BCUT2D eigenvalue weighted by Gasteiger charge is 2.14. The van der Waals surface area contributed by atoms with Crippen molar-refractivity contribution in [1.29, 1.82) is 0 Å². The molecule has 0 amide bonds. The van der Waals surface area contributed by atoms with Crippen molar-refractivity contribution in [3.63, 3.8) is 0 Å². The van der Waals surface area contributed by atoms with Crippen molar-refractivity contribution < 1.29 is 18.8 Å². The lowest BCUT2D eigenvalue weighted by Crippen LogP contribution is -2.15. The number of hydrogen-bond donors (Lipinski definition) is 1. The van der Waals surface area contributed by atoms with Crippen LogP contribution in [-0.2, 0) is 11.4 Å². The Morgan fingerprint density at radius 2 is 1.85 bits per heavy atom. The van der Waals surface area contributed by atoms with Gasteiger partial charge in [-0.2, -0.15) is 0 Å². The number of carbonyl (C=O) groups excluding carboxylic acids is 1. The van der Waals surface area contributed by atoms with Crippen LogP contribution in [-0.4, -0.2) is 11.8 Å². The van der Waals surface area contributed by atoms with Gasteiger partial charge in [0.15, 0.2) is 5.84 Å². The molecule has 2 aromatic carbocycles. The van der Waals surface area contributed by atoms with Crippen molar-refractivity contribution in [2.45, 2.75) is 20.5 Å². The second-order valence-corrected chi connectivity index (χ2v) is 6.04. The fraction of sp³-hybridized carbons (Fsp3) is 0.143. The van der Waals surface area contributed by atoms with E-state index < -0.39 is 5.97 Å². The van der Waals surface area contributed by atoms with Crippen LogP contribution in [0.15, 0.2) is 70.2 Å². The number of ether oxygens (including phenoxy) is 1. The number of nitrogens with two attached hydrogens (primary N) is 1. The highest BCUT2D eigenvalue weighted by molar-refractivity contribution is 5.97. The summed E-state index contributed by atoms with van der Waals surface area (Å²) < 4.78 is 11.2. The molecule has 2 N–H and O–H groups in total. The van der Waals surface area contributed by atoms with Gasteiger partial charge in [0.2, 0.25) is 5.76 Å². The zero-order valence-electron chi connectivity index (χ0n) is 15.1. The largest absolute Gasteiger partial charge is 0.485 e. The van der Waals surface area contributed by atoms with Crippen LogP contribution in [0.1, 0.15) is 33.0 Å². The summed E-state index contributed by atoms with van der Waals surface area (Å²) >= 11 is 0. The van der Waals surface area contributed by atoms with Crippen molar-refractivity contribution in [3.05, 3.63) is 88.9 Å². The van der Waals surface area contributed by atoms with Gasteiger partial charge in [-0.15, -0.1) is 0 Å². The SMILES string of the molecule is Cc1ccc(C)c(OCc2ccc(C(=O)O/N=C(\N)c3ccccc3)o2)c1. The Bertz CT molecular complexity index is 961. The molecule has 0 bridgehead atoms. The first-order valence-electron chi connectivity index (χ1n) is 8.42. The third-order valence-corrected chi connectivity index (χ3v) is 3.87. The number of amidine groups is 1. The molecule has 3 rings (SSSR count). The lowest BCUT2D eigenvalue weighted by Gasteiger charge is -2.08. The number of carbonyl (C=O) groups is 1. The number of nitrogens with zero attached hydrogens (tertiary/aromatic N) is 1. The van der Waals surface area contributed by atoms with E-state index in [9.17, 15) is 4.79 Å². The van der Waals surface area contributed by atoms with Crippen molar-refractivity contribution in [2.24, 2.45) is 10.9 Å². The van der Waals surface area contributed by atoms with Crippen LogP contribution in [0.4, 0.5) is 0 Å². The fourth-order valence-electron chi connectivity index (χ4n) is 2.37. The fourth-order valence-corrected chi connectivity index (χ4v) is 2.37. The third kappa shape index (κ3) is 4.76.